The van der Waals surface area contributed by atoms with Crippen molar-refractivity contribution in [3.8, 4) is 23.0 Å². The summed E-state index contributed by atoms with van der Waals surface area (Å²) in [7, 11) is 1.66. The predicted molar refractivity (Wildman–Crippen MR) is 133 cm³/mol. The molecule has 0 amide bonds. The maximum atomic E-state index is 6.37. The van der Waals surface area contributed by atoms with Crippen LogP contribution in [0, 0.1) is 0 Å². The molecule has 0 aliphatic heterocycles. The number of oxazole rings is 1. The van der Waals surface area contributed by atoms with Crippen molar-refractivity contribution in [1.29, 1.82) is 0 Å². The highest BCUT2D eigenvalue weighted by atomic mass is 35.5. The molecule has 5 rings (SSSR count). The highest BCUT2D eigenvalue weighted by molar-refractivity contribution is 6.33. The van der Waals surface area contributed by atoms with Gasteiger partial charge in [0.15, 0.2) is 17.1 Å². The van der Waals surface area contributed by atoms with Crippen LogP contribution in [-0.2, 0) is 6.54 Å². The highest BCUT2D eigenvalue weighted by Crippen LogP contribution is 2.36. The quantitative estimate of drug-likeness (QED) is 0.291. The normalized spacial score (nSPS) is 14.0. The second-order valence-corrected chi connectivity index (χ2v) is 9.01. The van der Waals surface area contributed by atoms with E-state index < -0.39 is 0 Å². The summed E-state index contributed by atoms with van der Waals surface area (Å²) < 4.78 is 17.8. The van der Waals surface area contributed by atoms with Gasteiger partial charge in [-0.3, -0.25) is 0 Å². The summed E-state index contributed by atoms with van der Waals surface area (Å²) in [6.45, 7) is 0.558. The van der Waals surface area contributed by atoms with Gasteiger partial charge in [0.25, 0.3) is 0 Å². The number of nitrogens with one attached hydrogen (secondary N) is 1. The van der Waals surface area contributed by atoms with E-state index in [1.165, 1.54) is 12.8 Å². The molecule has 170 valence electrons. The molecule has 4 aromatic rings. The van der Waals surface area contributed by atoms with Crippen LogP contribution in [0.2, 0.25) is 10.0 Å². The van der Waals surface area contributed by atoms with Crippen LogP contribution in [0.15, 0.2) is 59.0 Å². The molecule has 7 heteroatoms. The van der Waals surface area contributed by atoms with Crippen LogP contribution in [0.25, 0.3) is 22.6 Å². The lowest BCUT2D eigenvalue weighted by atomic mass is 10.2. The molecule has 1 fully saturated rings. The molecule has 1 saturated carbocycles. The topological polar surface area (TPSA) is 56.5 Å². The SMILES string of the molecule is COc1ccc(CNc2cc(Cl)cc3nc(-c4ccccc4Cl)oc23)cc1OC1CCCC1. The fourth-order valence-corrected chi connectivity index (χ4v) is 4.61. The Balaban J connectivity index is 1.41. The molecule has 1 N–H and O–H groups in total. The smallest absolute Gasteiger partial charge is 0.228 e. The summed E-state index contributed by atoms with van der Waals surface area (Å²) in [5, 5.41) is 4.59. The van der Waals surface area contributed by atoms with E-state index in [0.29, 0.717) is 33.6 Å². The van der Waals surface area contributed by atoms with Gasteiger partial charge < -0.3 is 19.2 Å². The summed E-state index contributed by atoms with van der Waals surface area (Å²) in [4.78, 5) is 4.60. The summed E-state index contributed by atoms with van der Waals surface area (Å²) in [5.74, 6) is 1.98. The second-order valence-electron chi connectivity index (χ2n) is 8.16. The number of rotatable bonds is 7. The largest absolute Gasteiger partial charge is 0.493 e. The third kappa shape index (κ3) is 4.75. The summed E-state index contributed by atoms with van der Waals surface area (Å²) in [6, 6.07) is 17.1. The minimum absolute atomic E-state index is 0.257. The average Bonchev–Trinajstić information content (AvgIpc) is 3.48. The lowest BCUT2D eigenvalue weighted by molar-refractivity contribution is 0.200. The van der Waals surface area contributed by atoms with Gasteiger partial charge in [0, 0.05) is 11.6 Å². The Morgan fingerprint density at radius 1 is 1.03 bits per heavy atom. The number of nitrogens with zero attached hydrogens (tertiary/aromatic N) is 1. The van der Waals surface area contributed by atoms with Crippen molar-refractivity contribution in [2.24, 2.45) is 0 Å². The Kier molecular flexibility index (Phi) is 6.34. The molecule has 1 aliphatic rings. The molecule has 3 aromatic carbocycles. The van der Waals surface area contributed by atoms with Crippen LogP contribution >= 0.6 is 23.2 Å². The van der Waals surface area contributed by atoms with Crippen molar-refractivity contribution >= 4 is 40.0 Å². The standard InChI is InChI=1S/C26H24Cl2N2O3/c1-31-23-11-10-16(12-24(23)32-18-6-2-3-7-18)15-29-21-13-17(27)14-22-25(21)33-26(30-22)19-8-4-5-9-20(19)28/h4-5,8-14,18,29H,2-3,6-7,15H2,1H3. The molecule has 5 nitrogen and oxygen atoms in total. The number of hydrogen-bond donors (Lipinski definition) is 1. The molecule has 33 heavy (non-hydrogen) atoms. The Morgan fingerprint density at radius 2 is 1.85 bits per heavy atom. The fraction of sp³-hybridized carbons (Fsp3) is 0.269. The van der Waals surface area contributed by atoms with Crippen LogP contribution in [-0.4, -0.2) is 18.2 Å². The predicted octanol–water partition coefficient (Wildman–Crippen LogP) is 7.74. The van der Waals surface area contributed by atoms with E-state index in [2.05, 4.69) is 10.3 Å². The zero-order chi connectivity index (χ0) is 22.8. The van der Waals surface area contributed by atoms with Gasteiger partial charge in [-0.2, -0.15) is 0 Å². The zero-order valence-electron chi connectivity index (χ0n) is 18.2. The van der Waals surface area contributed by atoms with Crippen LogP contribution in [0.1, 0.15) is 31.2 Å². The van der Waals surface area contributed by atoms with Gasteiger partial charge in [-0.25, -0.2) is 4.98 Å². The van der Waals surface area contributed by atoms with E-state index in [-0.39, 0.29) is 6.10 Å². The molecular weight excluding hydrogens is 459 g/mol. The lowest BCUT2D eigenvalue weighted by Gasteiger charge is -2.17. The molecule has 1 aromatic heterocycles. The monoisotopic (exact) mass is 482 g/mol. The number of halogens is 2. The Bertz CT molecular complexity index is 1280. The van der Waals surface area contributed by atoms with Crippen molar-refractivity contribution < 1.29 is 13.9 Å². The Morgan fingerprint density at radius 3 is 2.64 bits per heavy atom. The van der Waals surface area contributed by atoms with Gasteiger partial charge in [-0.05, 0) is 67.6 Å². The Hall–Kier alpha value is -2.89. The molecule has 1 aliphatic carbocycles. The molecular formula is C26H24Cl2N2O3. The van der Waals surface area contributed by atoms with Crippen molar-refractivity contribution in [3.05, 3.63) is 70.2 Å². The number of methoxy groups -OCH3 is 1. The van der Waals surface area contributed by atoms with E-state index in [1.807, 2.05) is 48.5 Å². The number of aromatic nitrogens is 1. The van der Waals surface area contributed by atoms with Crippen LogP contribution in [0.5, 0.6) is 11.5 Å². The molecule has 0 saturated heterocycles. The molecule has 0 bridgehead atoms. The molecule has 1 heterocycles. The Labute approximate surface area is 202 Å². The number of fused-ring (bicyclic) bond motifs is 1. The summed E-state index contributed by atoms with van der Waals surface area (Å²) >= 11 is 12.7. The minimum atomic E-state index is 0.257. The number of anilines is 1. The second kappa shape index (κ2) is 9.54. The summed E-state index contributed by atoms with van der Waals surface area (Å²) in [6.07, 6.45) is 4.86. The van der Waals surface area contributed by atoms with Gasteiger partial charge in [0.2, 0.25) is 5.89 Å². The van der Waals surface area contributed by atoms with Gasteiger partial charge in [-0.1, -0.05) is 41.4 Å². The van der Waals surface area contributed by atoms with E-state index in [4.69, 9.17) is 37.1 Å². The number of ether oxygens (including phenoxy) is 2. The van der Waals surface area contributed by atoms with Gasteiger partial charge in [0.1, 0.15) is 5.52 Å². The molecule has 0 spiro atoms. The van der Waals surface area contributed by atoms with Crippen LogP contribution in [0.4, 0.5) is 5.69 Å². The van der Waals surface area contributed by atoms with Gasteiger partial charge in [0.05, 0.1) is 29.5 Å². The number of hydrogen-bond acceptors (Lipinski definition) is 5. The zero-order valence-corrected chi connectivity index (χ0v) is 19.7. The third-order valence-corrected chi connectivity index (χ3v) is 6.41. The van der Waals surface area contributed by atoms with Crippen LogP contribution in [0.3, 0.4) is 0 Å². The van der Waals surface area contributed by atoms with E-state index in [1.54, 1.807) is 13.2 Å². The maximum absolute atomic E-state index is 6.37. The van der Waals surface area contributed by atoms with E-state index >= 15 is 0 Å². The van der Waals surface area contributed by atoms with Crippen molar-refractivity contribution in [2.45, 2.75) is 38.3 Å². The highest BCUT2D eigenvalue weighted by Gasteiger charge is 2.19. The lowest BCUT2D eigenvalue weighted by Crippen LogP contribution is -2.12. The molecule has 0 atom stereocenters. The maximum Gasteiger partial charge on any atom is 0.228 e. The van der Waals surface area contributed by atoms with Crippen molar-refractivity contribution in [1.82, 2.24) is 4.98 Å². The first-order chi connectivity index (χ1) is 16.1. The van der Waals surface area contributed by atoms with Gasteiger partial charge in [-0.15, -0.1) is 0 Å². The molecule has 0 radical (unpaired) electrons. The van der Waals surface area contributed by atoms with E-state index in [0.717, 1.165) is 41.2 Å². The number of benzene rings is 3. The van der Waals surface area contributed by atoms with E-state index in [9.17, 15) is 0 Å². The van der Waals surface area contributed by atoms with Crippen molar-refractivity contribution in [2.75, 3.05) is 12.4 Å². The summed E-state index contributed by atoms with van der Waals surface area (Å²) in [5.41, 5.74) is 3.85. The molecule has 0 unspecified atom stereocenters. The van der Waals surface area contributed by atoms with Crippen molar-refractivity contribution in [3.63, 3.8) is 0 Å². The van der Waals surface area contributed by atoms with Crippen LogP contribution < -0.4 is 14.8 Å². The first-order valence-corrected chi connectivity index (χ1v) is 11.8. The minimum Gasteiger partial charge on any atom is -0.493 e. The first-order valence-electron chi connectivity index (χ1n) is 11.0. The fourth-order valence-electron chi connectivity index (χ4n) is 4.19. The third-order valence-electron chi connectivity index (χ3n) is 5.87. The first kappa shape index (κ1) is 21.9. The van der Waals surface area contributed by atoms with Gasteiger partial charge >= 0.3 is 0 Å². The average molecular weight is 483 g/mol.